The molecule has 0 saturated heterocycles. The van der Waals surface area contributed by atoms with Gasteiger partial charge in [0.2, 0.25) is 0 Å². The summed E-state index contributed by atoms with van der Waals surface area (Å²) in [6.45, 7) is 2.12. The van der Waals surface area contributed by atoms with Crippen LogP contribution in [0.4, 0.5) is 0 Å². The number of aliphatic hydroxyl groups excluding tert-OH is 1. The molecule has 0 aromatic rings. The highest BCUT2D eigenvalue weighted by molar-refractivity contribution is 4.79. The number of hydrogen-bond donors (Lipinski definition) is 2. The van der Waals surface area contributed by atoms with E-state index in [0.29, 0.717) is 12.0 Å². The van der Waals surface area contributed by atoms with E-state index < -0.39 is 0 Å². The van der Waals surface area contributed by atoms with Crippen molar-refractivity contribution in [2.45, 2.75) is 38.3 Å². The minimum Gasteiger partial charge on any atom is -0.393 e. The predicted octanol–water partition coefficient (Wildman–Crippen LogP) is 0.755. The van der Waals surface area contributed by atoms with E-state index in [2.05, 4.69) is 12.2 Å². The highest BCUT2D eigenvalue weighted by Gasteiger charge is 2.24. The lowest BCUT2D eigenvalue weighted by Crippen LogP contribution is -2.36. The van der Waals surface area contributed by atoms with Crippen LogP contribution in [0.2, 0.25) is 0 Å². The number of rotatable bonds is 1. The van der Waals surface area contributed by atoms with Crippen LogP contribution in [-0.4, -0.2) is 24.3 Å². The molecule has 3 unspecified atom stereocenters. The Bertz CT molecular complexity index is 105. The topological polar surface area (TPSA) is 32.3 Å². The second-order valence-electron chi connectivity index (χ2n) is 3.34. The zero-order valence-corrected chi connectivity index (χ0v) is 6.80. The molecule has 0 aromatic carbocycles. The Morgan fingerprint density at radius 3 is 2.60 bits per heavy atom. The summed E-state index contributed by atoms with van der Waals surface area (Å²) < 4.78 is 0. The van der Waals surface area contributed by atoms with Gasteiger partial charge < -0.3 is 10.4 Å². The maximum absolute atomic E-state index is 9.36. The van der Waals surface area contributed by atoms with Gasteiger partial charge >= 0.3 is 0 Å². The average molecular weight is 143 g/mol. The van der Waals surface area contributed by atoms with E-state index in [1.54, 1.807) is 0 Å². The number of nitrogens with one attached hydrogen (secondary N) is 1. The van der Waals surface area contributed by atoms with Crippen molar-refractivity contribution < 1.29 is 5.11 Å². The lowest BCUT2D eigenvalue weighted by atomic mass is 9.85. The summed E-state index contributed by atoms with van der Waals surface area (Å²) in [5.41, 5.74) is 0. The molecular formula is C8H17NO. The molecule has 60 valence electrons. The van der Waals surface area contributed by atoms with E-state index in [0.717, 1.165) is 19.3 Å². The Balaban J connectivity index is 2.33. The minimum absolute atomic E-state index is 0.0513. The molecule has 0 amide bonds. The maximum Gasteiger partial charge on any atom is 0.0566 e. The van der Waals surface area contributed by atoms with Crippen molar-refractivity contribution >= 4 is 0 Å². The van der Waals surface area contributed by atoms with Crippen molar-refractivity contribution in [3.8, 4) is 0 Å². The molecule has 0 radical (unpaired) electrons. The first-order valence-corrected chi connectivity index (χ1v) is 4.09. The molecule has 10 heavy (non-hydrogen) atoms. The monoisotopic (exact) mass is 143 g/mol. The molecule has 0 bridgehead atoms. The minimum atomic E-state index is -0.0513. The molecule has 0 aliphatic heterocycles. The molecule has 1 aliphatic carbocycles. The predicted molar refractivity (Wildman–Crippen MR) is 41.9 cm³/mol. The number of aliphatic hydroxyl groups is 1. The van der Waals surface area contributed by atoms with Crippen molar-refractivity contribution in [3.63, 3.8) is 0 Å². The van der Waals surface area contributed by atoms with Crippen LogP contribution < -0.4 is 5.32 Å². The van der Waals surface area contributed by atoms with Crippen LogP contribution in [0.15, 0.2) is 0 Å². The molecule has 0 spiro atoms. The largest absolute Gasteiger partial charge is 0.393 e. The normalized spacial score (nSPS) is 41.7. The first-order valence-electron chi connectivity index (χ1n) is 4.09. The van der Waals surface area contributed by atoms with Crippen LogP contribution in [0.1, 0.15) is 26.2 Å². The summed E-state index contributed by atoms with van der Waals surface area (Å²) in [6.07, 6.45) is 3.16. The van der Waals surface area contributed by atoms with E-state index in [4.69, 9.17) is 0 Å². The van der Waals surface area contributed by atoms with E-state index in [1.807, 2.05) is 7.05 Å². The quantitative estimate of drug-likeness (QED) is 0.568. The molecule has 0 heterocycles. The van der Waals surface area contributed by atoms with Gasteiger partial charge in [-0.15, -0.1) is 0 Å². The van der Waals surface area contributed by atoms with Crippen LogP contribution in [0.5, 0.6) is 0 Å². The molecule has 2 N–H and O–H groups in total. The lowest BCUT2D eigenvalue weighted by molar-refractivity contribution is 0.0674. The van der Waals surface area contributed by atoms with E-state index in [9.17, 15) is 5.11 Å². The zero-order valence-electron chi connectivity index (χ0n) is 6.80. The highest BCUT2D eigenvalue weighted by atomic mass is 16.3. The van der Waals surface area contributed by atoms with Gasteiger partial charge in [0.1, 0.15) is 0 Å². The SMILES string of the molecule is CNC1CCC(O)C(C)C1. The molecule has 1 fully saturated rings. The Hall–Kier alpha value is -0.0800. The smallest absolute Gasteiger partial charge is 0.0566 e. The van der Waals surface area contributed by atoms with Gasteiger partial charge in [0.15, 0.2) is 0 Å². The van der Waals surface area contributed by atoms with Crippen LogP contribution in [0.25, 0.3) is 0 Å². The summed E-state index contributed by atoms with van der Waals surface area (Å²) in [5.74, 6) is 0.478. The molecule has 2 heteroatoms. The van der Waals surface area contributed by atoms with Crippen LogP contribution in [0, 0.1) is 5.92 Å². The second kappa shape index (κ2) is 3.35. The van der Waals surface area contributed by atoms with Crippen LogP contribution in [-0.2, 0) is 0 Å². The van der Waals surface area contributed by atoms with E-state index >= 15 is 0 Å². The van der Waals surface area contributed by atoms with Crippen molar-refractivity contribution in [2.24, 2.45) is 5.92 Å². The third kappa shape index (κ3) is 1.70. The summed E-state index contributed by atoms with van der Waals surface area (Å²) in [5, 5.41) is 12.6. The standard InChI is InChI=1S/C8H17NO/c1-6-5-7(9-2)3-4-8(6)10/h6-10H,3-5H2,1-2H3. The third-order valence-electron chi connectivity index (χ3n) is 2.53. The number of hydrogen-bond acceptors (Lipinski definition) is 2. The van der Waals surface area contributed by atoms with Gasteiger partial charge in [-0.05, 0) is 32.2 Å². The van der Waals surface area contributed by atoms with E-state index in [1.165, 1.54) is 0 Å². The summed E-state index contributed by atoms with van der Waals surface area (Å²) in [6, 6.07) is 0.637. The van der Waals surface area contributed by atoms with E-state index in [-0.39, 0.29) is 6.10 Å². The second-order valence-corrected chi connectivity index (χ2v) is 3.34. The molecule has 1 rings (SSSR count). The molecular weight excluding hydrogens is 126 g/mol. The van der Waals surface area contributed by atoms with Gasteiger partial charge in [-0.1, -0.05) is 6.92 Å². The van der Waals surface area contributed by atoms with Crippen molar-refractivity contribution in [1.29, 1.82) is 0 Å². The van der Waals surface area contributed by atoms with Gasteiger partial charge in [0, 0.05) is 6.04 Å². The third-order valence-corrected chi connectivity index (χ3v) is 2.53. The fraction of sp³-hybridized carbons (Fsp3) is 1.00. The highest BCUT2D eigenvalue weighted by Crippen LogP contribution is 2.23. The summed E-state index contributed by atoms with van der Waals surface area (Å²) in [7, 11) is 2.00. The van der Waals surface area contributed by atoms with Crippen molar-refractivity contribution in [1.82, 2.24) is 5.32 Å². The Labute approximate surface area is 62.6 Å². The van der Waals surface area contributed by atoms with Crippen molar-refractivity contribution in [2.75, 3.05) is 7.05 Å². The summed E-state index contributed by atoms with van der Waals surface area (Å²) in [4.78, 5) is 0. The molecule has 1 aliphatic rings. The van der Waals surface area contributed by atoms with Crippen molar-refractivity contribution in [3.05, 3.63) is 0 Å². The summed E-state index contributed by atoms with van der Waals surface area (Å²) >= 11 is 0. The lowest BCUT2D eigenvalue weighted by Gasteiger charge is -2.30. The fourth-order valence-corrected chi connectivity index (χ4v) is 1.64. The first-order chi connectivity index (χ1) is 4.74. The Morgan fingerprint density at radius 2 is 2.10 bits per heavy atom. The van der Waals surface area contributed by atoms with Gasteiger partial charge in [0.05, 0.1) is 6.10 Å². The fourth-order valence-electron chi connectivity index (χ4n) is 1.64. The Morgan fingerprint density at radius 1 is 1.40 bits per heavy atom. The molecule has 1 saturated carbocycles. The van der Waals surface area contributed by atoms with Crippen LogP contribution in [0.3, 0.4) is 0 Å². The molecule has 0 aromatic heterocycles. The Kier molecular flexibility index (Phi) is 2.69. The maximum atomic E-state index is 9.36. The van der Waals surface area contributed by atoms with Gasteiger partial charge in [0.25, 0.3) is 0 Å². The molecule has 2 nitrogen and oxygen atoms in total. The van der Waals surface area contributed by atoms with Gasteiger partial charge in [-0.25, -0.2) is 0 Å². The van der Waals surface area contributed by atoms with Crippen LogP contribution >= 0.6 is 0 Å². The first kappa shape index (κ1) is 8.02. The average Bonchev–Trinajstić information content (AvgIpc) is 1.95. The zero-order chi connectivity index (χ0) is 7.56. The molecule has 3 atom stereocenters. The van der Waals surface area contributed by atoms with Gasteiger partial charge in [-0.3, -0.25) is 0 Å². The van der Waals surface area contributed by atoms with Gasteiger partial charge in [-0.2, -0.15) is 0 Å².